The second-order valence-electron chi connectivity index (χ2n) is 6.37. The zero-order valence-corrected chi connectivity index (χ0v) is 15.2. The minimum atomic E-state index is -0.782. The van der Waals surface area contributed by atoms with Crippen molar-refractivity contribution in [2.45, 2.75) is 32.2 Å². The van der Waals surface area contributed by atoms with E-state index in [0.717, 1.165) is 11.3 Å². The summed E-state index contributed by atoms with van der Waals surface area (Å²) in [5.74, 6) is -0.181. The van der Waals surface area contributed by atoms with Gasteiger partial charge in [0, 0.05) is 13.0 Å². The molecule has 6 heteroatoms. The SMILES string of the molecule is Cc1cc(NC(=O)C2(C)CCN2C(=O)C/C=C/c2ccccc2)sn1. The first-order chi connectivity index (χ1) is 12.0. The summed E-state index contributed by atoms with van der Waals surface area (Å²) in [6.07, 6.45) is 4.73. The van der Waals surface area contributed by atoms with E-state index in [1.165, 1.54) is 11.5 Å². The molecule has 1 atom stereocenters. The van der Waals surface area contributed by atoms with Gasteiger partial charge in [0.15, 0.2) is 0 Å². The highest BCUT2D eigenvalue weighted by Crippen LogP contribution is 2.33. The van der Waals surface area contributed by atoms with Gasteiger partial charge >= 0.3 is 0 Å². The molecule has 1 N–H and O–H groups in total. The van der Waals surface area contributed by atoms with Gasteiger partial charge in [-0.2, -0.15) is 4.37 Å². The largest absolute Gasteiger partial charge is 0.328 e. The molecule has 2 amide bonds. The average Bonchev–Trinajstić information content (AvgIpc) is 2.99. The van der Waals surface area contributed by atoms with Crippen LogP contribution in [0.1, 0.15) is 31.0 Å². The molecule has 0 saturated carbocycles. The molecule has 2 heterocycles. The van der Waals surface area contributed by atoms with E-state index < -0.39 is 5.54 Å². The molecule has 0 aliphatic carbocycles. The second kappa shape index (κ2) is 7.19. The maximum Gasteiger partial charge on any atom is 0.250 e. The average molecular weight is 355 g/mol. The Balaban J connectivity index is 1.59. The Bertz CT molecular complexity index is 800. The monoisotopic (exact) mass is 355 g/mol. The van der Waals surface area contributed by atoms with Crippen LogP contribution in [0.2, 0.25) is 0 Å². The van der Waals surface area contributed by atoms with Crippen molar-refractivity contribution in [2.24, 2.45) is 0 Å². The lowest BCUT2D eigenvalue weighted by Gasteiger charge is -2.48. The highest BCUT2D eigenvalue weighted by molar-refractivity contribution is 7.10. The van der Waals surface area contributed by atoms with Crippen molar-refractivity contribution in [3.63, 3.8) is 0 Å². The molecule has 0 radical (unpaired) electrons. The topological polar surface area (TPSA) is 62.3 Å². The Labute approximate surface area is 151 Å². The minimum absolute atomic E-state index is 0.0310. The number of aryl methyl sites for hydroxylation is 1. The van der Waals surface area contributed by atoms with Crippen LogP contribution in [-0.4, -0.2) is 33.2 Å². The van der Waals surface area contributed by atoms with E-state index >= 15 is 0 Å². The molecule has 130 valence electrons. The first-order valence-corrected chi connectivity index (χ1v) is 9.03. The molecule has 1 unspecified atom stereocenters. The molecule has 1 aromatic carbocycles. The van der Waals surface area contributed by atoms with Crippen LogP contribution in [-0.2, 0) is 9.59 Å². The van der Waals surface area contributed by atoms with Crippen LogP contribution < -0.4 is 5.32 Å². The van der Waals surface area contributed by atoms with Crippen molar-refractivity contribution in [1.29, 1.82) is 0 Å². The maximum atomic E-state index is 12.6. The van der Waals surface area contributed by atoms with Crippen LogP contribution in [0.5, 0.6) is 0 Å². The number of nitrogens with zero attached hydrogens (tertiary/aromatic N) is 2. The Morgan fingerprint density at radius 3 is 2.72 bits per heavy atom. The molecule has 0 bridgehead atoms. The molecule has 1 saturated heterocycles. The molecule has 1 aliphatic heterocycles. The van der Waals surface area contributed by atoms with Gasteiger partial charge in [0.05, 0.1) is 5.69 Å². The van der Waals surface area contributed by atoms with Crippen LogP contribution in [0.4, 0.5) is 5.00 Å². The van der Waals surface area contributed by atoms with E-state index in [1.54, 1.807) is 4.90 Å². The molecule has 5 nitrogen and oxygen atoms in total. The lowest BCUT2D eigenvalue weighted by atomic mass is 9.85. The molecule has 2 aromatic rings. The van der Waals surface area contributed by atoms with Gasteiger partial charge in [-0.05, 0) is 43.4 Å². The van der Waals surface area contributed by atoms with Gasteiger partial charge in [0.1, 0.15) is 10.5 Å². The van der Waals surface area contributed by atoms with E-state index in [4.69, 9.17) is 0 Å². The van der Waals surface area contributed by atoms with E-state index in [-0.39, 0.29) is 18.2 Å². The highest BCUT2D eigenvalue weighted by atomic mass is 32.1. The number of hydrogen-bond acceptors (Lipinski definition) is 4. The minimum Gasteiger partial charge on any atom is -0.328 e. The van der Waals surface area contributed by atoms with Gasteiger partial charge in [-0.1, -0.05) is 42.5 Å². The summed E-state index contributed by atoms with van der Waals surface area (Å²) in [5.41, 5.74) is 1.15. The van der Waals surface area contributed by atoms with Crippen LogP contribution in [0, 0.1) is 6.92 Å². The van der Waals surface area contributed by atoms with Gasteiger partial charge in [-0.3, -0.25) is 9.59 Å². The first-order valence-electron chi connectivity index (χ1n) is 8.26. The van der Waals surface area contributed by atoms with Crippen molar-refractivity contribution in [3.05, 3.63) is 53.7 Å². The van der Waals surface area contributed by atoms with Crippen LogP contribution in [0.25, 0.3) is 6.08 Å². The molecule has 0 spiro atoms. The summed E-state index contributed by atoms with van der Waals surface area (Å²) in [5, 5.41) is 3.59. The third kappa shape index (κ3) is 3.79. The van der Waals surface area contributed by atoms with Crippen LogP contribution in [0.3, 0.4) is 0 Å². The maximum absolute atomic E-state index is 12.6. The molecule has 1 aromatic heterocycles. The lowest BCUT2D eigenvalue weighted by Crippen LogP contribution is -2.66. The van der Waals surface area contributed by atoms with Crippen molar-refractivity contribution in [3.8, 4) is 0 Å². The summed E-state index contributed by atoms with van der Waals surface area (Å²) >= 11 is 1.25. The lowest BCUT2D eigenvalue weighted by molar-refractivity contribution is -0.154. The fraction of sp³-hybridized carbons (Fsp3) is 0.316. The number of carbonyl (C=O) groups excluding carboxylic acids is 2. The van der Waals surface area contributed by atoms with Gasteiger partial charge in [-0.25, -0.2) is 0 Å². The Kier molecular flexibility index (Phi) is 4.99. The zero-order chi connectivity index (χ0) is 17.9. The summed E-state index contributed by atoms with van der Waals surface area (Å²) in [6.45, 7) is 4.31. The Morgan fingerprint density at radius 1 is 1.36 bits per heavy atom. The number of rotatable bonds is 5. The molecular formula is C19H21N3O2S. The van der Waals surface area contributed by atoms with Gasteiger partial charge < -0.3 is 10.2 Å². The van der Waals surface area contributed by atoms with Crippen molar-refractivity contribution >= 4 is 34.4 Å². The number of carbonyl (C=O) groups is 2. The van der Waals surface area contributed by atoms with E-state index in [0.29, 0.717) is 18.0 Å². The van der Waals surface area contributed by atoms with Crippen molar-refractivity contribution < 1.29 is 9.59 Å². The fourth-order valence-corrected chi connectivity index (χ4v) is 3.49. The van der Waals surface area contributed by atoms with Gasteiger partial charge in [-0.15, -0.1) is 0 Å². The third-order valence-corrected chi connectivity index (χ3v) is 5.27. The van der Waals surface area contributed by atoms with Gasteiger partial charge in [0.25, 0.3) is 5.91 Å². The standard InChI is InChI=1S/C19H21N3O2S/c1-14-13-16(25-21-14)20-18(24)19(2)11-12-22(19)17(23)10-6-9-15-7-4-3-5-8-15/h3-9,13H,10-12H2,1-2H3,(H,20,24)/b9-6+. The van der Waals surface area contributed by atoms with Crippen molar-refractivity contribution in [1.82, 2.24) is 9.27 Å². The predicted molar refractivity (Wildman–Crippen MR) is 100 cm³/mol. The molecule has 1 aliphatic rings. The van der Waals surface area contributed by atoms with Crippen molar-refractivity contribution in [2.75, 3.05) is 11.9 Å². The van der Waals surface area contributed by atoms with Gasteiger partial charge in [0.2, 0.25) is 5.91 Å². The Morgan fingerprint density at radius 2 is 2.12 bits per heavy atom. The number of benzene rings is 1. The third-order valence-electron chi connectivity index (χ3n) is 4.48. The second-order valence-corrected chi connectivity index (χ2v) is 7.18. The number of anilines is 1. The predicted octanol–water partition coefficient (Wildman–Crippen LogP) is 3.48. The quantitative estimate of drug-likeness (QED) is 0.893. The molecular weight excluding hydrogens is 334 g/mol. The number of aromatic nitrogens is 1. The zero-order valence-electron chi connectivity index (χ0n) is 14.4. The molecule has 3 rings (SSSR count). The molecule has 25 heavy (non-hydrogen) atoms. The fourth-order valence-electron chi connectivity index (χ4n) is 2.83. The van der Waals surface area contributed by atoms with E-state index in [9.17, 15) is 9.59 Å². The number of hydrogen-bond donors (Lipinski definition) is 1. The summed E-state index contributed by atoms with van der Waals surface area (Å²) in [6, 6.07) is 11.7. The van der Waals surface area contributed by atoms with Crippen LogP contribution >= 0.6 is 11.5 Å². The summed E-state index contributed by atoms with van der Waals surface area (Å²) in [4.78, 5) is 26.7. The summed E-state index contributed by atoms with van der Waals surface area (Å²) < 4.78 is 4.16. The van der Waals surface area contributed by atoms with Crippen LogP contribution in [0.15, 0.2) is 42.5 Å². The highest BCUT2D eigenvalue weighted by Gasteiger charge is 2.49. The summed E-state index contributed by atoms with van der Waals surface area (Å²) in [7, 11) is 0. The number of likely N-dealkylation sites (tertiary alicyclic amines) is 1. The number of nitrogens with one attached hydrogen (secondary N) is 1. The molecule has 1 fully saturated rings. The van der Waals surface area contributed by atoms with E-state index in [2.05, 4.69) is 9.69 Å². The number of amides is 2. The Hall–Kier alpha value is -2.47. The normalized spacial score (nSPS) is 19.7. The first kappa shape index (κ1) is 17.4. The smallest absolute Gasteiger partial charge is 0.250 e. The van der Waals surface area contributed by atoms with E-state index in [1.807, 2.05) is 62.4 Å².